The van der Waals surface area contributed by atoms with Crippen LogP contribution in [-0.2, 0) is 16.8 Å². The van der Waals surface area contributed by atoms with E-state index in [0.717, 1.165) is 5.56 Å². The number of benzene rings is 2. The van der Waals surface area contributed by atoms with Gasteiger partial charge in [0.1, 0.15) is 11.4 Å². The van der Waals surface area contributed by atoms with Crippen LogP contribution >= 0.6 is 0 Å². The van der Waals surface area contributed by atoms with E-state index in [-0.39, 0.29) is 30.6 Å². The van der Waals surface area contributed by atoms with Crippen LogP contribution in [0.5, 0.6) is 0 Å². The molecule has 2 aromatic rings. The lowest BCUT2D eigenvalue weighted by molar-refractivity contribution is -0.122. The fourth-order valence-electron chi connectivity index (χ4n) is 2.60. The molecule has 2 N–H and O–H groups in total. The monoisotopic (exact) mass is 372 g/mol. The standard InChI is InChI=1S/C21H25FN2O3/c1-21(27,17-9-11-18(22)12-10-17)14-23-19(25)13-6-15-4-7-16(8-5-15)20(26)24(2)3/h4-5,7-12,27H,6,13-14H2,1-3H3,(H,23,25). The summed E-state index contributed by atoms with van der Waals surface area (Å²) >= 11 is 0. The van der Waals surface area contributed by atoms with Crippen molar-refractivity contribution in [3.8, 4) is 0 Å². The van der Waals surface area contributed by atoms with Gasteiger partial charge in [0, 0.05) is 26.1 Å². The van der Waals surface area contributed by atoms with Crippen molar-refractivity contribution >= 4 is 11.8 Å². The number of aryl methyl sites for hydroxylation is 1. The normalized spacial score (nSPS) is 12.9. The Kier molecular flexibility index (Phi) is 6.69. The second kappa shape index (κ2) is 8.77. The van der Waals surface area contributed by atoms with Crippen molar-refractivity contribution in [3.05, 3.63) is 71.0 Å². The number of carbonyl (C=O) groups excluding carboxylic acids is 2. The molecule has 144 valence electrons. The van der Waals surface area contributed by atoms with Crippen molar-refractivity contribution in [2.45, 2.75) is 25.4 Å². The number of nitrogens with one attached hydrogen (secondary N) is 1. The quantitative estimate of drug-likeness (QED) is 0.785. The number of nitrogens with zero attached hydrogens (tertiary/aromatic N) is 1. The number of carbonyl (C=O) groups is 2. The van der Waals surface area contributed by atoms with Crippen molar-refractivity contribution in [2.75, 3.05) is 20.6 Å². The minimum absolute atomic E-state index is 0.0355. The third-order valence-electron chi connectivity index (χ3n) is 4.34. The molecule has 0 heterocycles. The van der Waals surface area contributed by atoms with E-state index in [1.54, 1.807) is 33.2 Å². The van der Waals surface area contributed by atoms with Crippen LogP contribution < -0.4 is 5.32 Å². The number of hydrogen-bond acceptors (Lipinski definition) is 3. The Labute approximate surface area is 158 Å². The molecule has 0 aliphatic carbocycles. The Bertz CT molecular complexity index is 784. The van der Waals surface area contributed by atoms with Crippen molar-refractivity contribution in [2.24, 2.45) is 0 Å². The van der Waals surface area contributed by atoms with Crippen LogP contribution in [0.1, 0.15) is 34.8 Å². The highest BCUT2D eigenvalue weighted by Crippen LogP contribution is 2.20. The van der Waals surface area contributed by atoms with Crippen LogP contribution in [0.3, 0.4) is 0 Å². The van der Waals surface area contributed by atoms with Gasteiger partial charge in [-0.25, -0.2) is 4.39 Å². The Balaban J connectivity index is 1.83. The molecule has 2 aromatic carbocycles. The second-order valence-electron chi connectivity index (χ2n) is 6.95. The molecule has 27 heavy (non-hydrogen) atoms. The van der Waals surface area contributed by atoms with Gasteiger partial charge >= 0.3 is 0 Å². The highest BCUT2D eigenvalue weighted by atomic mass is 19.1. The summed E-state index contributed by atoms with van der Waals surface area (Å²) in [7, 11) is 3.39. The Morgan fingerprint density at radius 3 is 2.22 bits per heavy atom. The SMILES string of the molecule is CN(C)C(=O)c1ccc(CCC(=O)NCC(C)(O)c2ccc(F)cc2)cc1. The minimum Gasteiger partial charge on any atom is -0.384 e. The molecule has 2 amide bonds. The zero-order valence-electron chi connectivity index (χ0n) is 15.8. The average Bonchev–Trinajstić information content (AvgIpc) is 2.65. The largest absolute Gasteiger partial charge is 0.384 e. The summed E-state index contributed by atoms with van der Waals surface area (Å²) in [5, 5.41) is 13.2. The molecule has 0 bridgehead atoms. The average molecular weight is 372 g/mol. The molecular formula is C21H25FN2O3. The maximum atomic E-state index is 13.0. The molecule has 1 atom stereocenters. The Morgan fingerprint density at radius 1 is 1.07 bits per heavy atom. The number of aliphatic hydroxyl groups is 1. The molecule has 0 spiro atoms. The lowest BCUT2D eigenvalue weighted by Gasteiger charge is -2.24. The van der Waals surface area contributed by atoms with Gasteiger partial charge in [-0.1, -0.05) is 24.3 Å². The van der Waals surface area contributed by atoms with Gasteiger partial charge in [0.15, 0.2) is 0 Å². The predicted octanol–water partition coefficient (Wildman–Crippen LogP) is 2.48. The number of amides is 2. The maximum absolute atomic E-state index is 13.0. The predicted molar refractivity (Wildman–Crippen MR) is 102 cm³/mol. The summed E-state index contributed by atoms with van der Waals surface area (Å²) in [5.74, 6) is -0.634. The zero-order valence-corrected chi connectivity index (χ0v) is 15.8. The van der Waals surface area contributed by atoms with Crippen LogP contribution in [0, 0.1) is 5.82 Å². The van der Waals surface area contributed by atoms with E-state index < -0.39 is 5.60 Å². The first-order valence-corrected chi connectivity index (χ1v) is 8.75. The molecule has 2 rings (SSSR count). The molecule has 0 aliphatic heterocycles. The van der Waals surface area contributed by atoms with Crippen molar-refractivity contribution in [1.29, 1.82) is 0 Å². The second-order valence-corrected chi connectivity index (χ2v) is 6.95. The van der Waals surface area contributed by atoms with Gasteiger partial charge in [-0.15, -0.1) is 0 Å². The summed E-state index contributed by atoms with van der Waals surface area (Å²) in [6.45, 7) is 1.61. The van der Waals surface area contributed by atoms with Crippen molar-refractivity contribution in [1.82, 2.24) is 10.2 Å². The smallest absolute Gasteiger partial charge is 0.253 e. The summed E-state index contributed by atoms with van der Waals surface area (Å²) in [6, 6.07) is 12.7. The molecule has 1 unspecified atom stereocenters. The van der Waals surface area contributed by atoms with Gasteiger partial charge in [-0.05, 0) is 48.7 Å². The summed E-state index contributed by atoms with van der Waals surface area (Å²) in [5.41, 5.74) is 0.803. The summed E-state index contributed by atoms with van der Waals surface area (Å²) < 4.78 is 13.0. The van der Waals surface area contributed by atoms with Gasteiger partial charge in [-0.3, -0.25) is 9.59 Å². The lowest BCUT2D eigenvalue weighted by Crippen LogP contribution is -2.38. The first-order chi connectivity index (χ1) is 12.7. The van der Waals surface area contributed by atoms with Gasteiger partial charge in [0.2, 0.25) is 5.91 Å². The molecule has 5 nitrogen and oxygen atoms in total. The first-order valence-electron chi connectivity index (χ1n) is 8.75. The van der Waals surface area contributed by atoms with Crippen molar-refractivity contribution < 1.29 is 19.1 Å². The Hall–Kier alpha value is -2.73. The number of hydrogen-bond donors (Lipinski definition) is 2. The molecule has 0 saturated heterocycles. The molecule has 0 saturated carbocycles. The van der Waals surface area contributed by atoms with Crippen LogP contribution in [-0.4, -0.2) is 42.5 Å². The van der Waals surface area contributed by atoms with Crippen LogP contribution in [0.2, 0.25) is 0 Å². The van der Waals surface area contributed by atoms with Gasteiger partial charge < -0.3 is 15.3 Å². The van der Waals surface area contributed by atoms with E-state index in [1.165, 1.54) is 29.2 Å². The fourth-order valence-corrected chi connectivity index (χ4v) is 2.60. The number of halogens is 1. The molecule has 0 radical (unpaired) electrons. The van der Waals surface area contributed by atoms with Crippen LogP contribution in [0.4, 0.5) is 4.39 Å². The van der Waals surface area contributed by atoms with Gasteiger partial charge in [0.05, 0.1) is 6.54 Å². The van der Waals surface area contributed by atoms with E-state index in [0.29, 0.717) is 17.5 Å². The lowest BCUT2D eigenvalue weighted by atomic mass is 9.96. The molecule has 6 heteroatoms. The highest BCUT2D eigenvalue weighted by molar-refractivity contribution is 5.93. The van der Waals surface area contributed by atoms with E-state index in [4.69, 9.17) is 0 Å². The van der Waals surface area contributed by atoms with E-state index in [2.05, 4.69) is 5.32 Å². The van der Waals surface area contributed by atoms with Gasteiger partial charge in [0.25, 0.3) is 5.91 Å². The molecule has 0 aliphatic rings. The zero-order chi connectivity index (χ0) is 20.0. The maximum Gasteiger partial charge on any atom is 0.253 e. The van der Waals surface area contributed by atoms with Crippen LogP contribution in [0.15, 0.2) is 48.5 Å². The third-order valence-corrected chi connectivity index (χ3v) is 4.34. The van der Waals surface area contributed by atoms with Crippen LogP contribution in [0.25, 0.3) is 0 Å². The summed E-state index contributed by atoms with van der Waals surface area (Å²) in [6.07, 6.45) is 0.793. The minimum atomic E-state index is -1.28. The number of rotatable bonds is 7. The van der Waals surface area contributed by atoms with E-state index >= 15 is 0 Å². The molecule has 0 fully saturated rings. The van der Waals surface area contributed by atoms with Crippen molar-refractivity contribution in [3.63, 3.8) is 0 Å². The topological polar surface area (TPSA) is 69.6 Å². The fraction of sp³-hybridized carbons (Fsp3) is 0.333. The highest BCUT2D eigenvalue weighted by Gasteiger charge is 2.23. The van der Waals surface area contributed by atoms with Gasteiger partial charge in [-0.2, -0.15) is 0 Å². The Morgan fingerprint density at radius 2 is 1.67 bits per heavy atom. The van der Waals surface area contributed by atoms with E-state index in [1.807, 2.05) is 12.1 Å². The summed E-state index contributed by atoms with van der Waals surface area (Å²) in [4.78, 5) is 25.4. The van der Waals surface area contributed by atoms with E-state index in [9.17, 15) is 19.1 Å². The molecular weight excluding hydrogens is 347 g/mol. The third kappa shape index (κ3) is 5.89. The first kappa shape index (κ1) is 20.6. The molecule has 0 aromatic heterocycles.